The average Bonchev–Trinajstić information content (AvgIpc) is 3.84. The van der Waals surface area contributed by atoms with Gasteiger partial charge in [0, 0.05) is 116 Å². The summed E-state index contributed by atoms with van der Waals surface area (Å²) in [4.78, 5) is 103. The number of carbonyl (C=O) groups is 8. The molecule has 81 heavy (non-hydrogen) atoms. The first-order valence-corrected chi connectivity index (χ1v) is 29.7. The zero-order chi connectivity index (χ0) is 59.6. The average molecular weight is 1140 g/mol. The van der Waals surface area contributed by atoms with Gasteiger partial charge >= 0.3 is 0 Å². The van der Waals surface area contributed by atoms with E-state index in [4.69, 9.17) is 38.2 Å². The molecule has 8 amide bonds. The van der Waals surface area contributed by atoms with E-state index in [1.807, 2.05) is 13.8 Å². The third kappa shape index (κ3) is 41.8. The number of rotatable bonds is 51. The van der Waals surface area contributed by atoms with Gasteiger partial charge in [0.25, 0.3) is 0 Å². The highest BCUT2D eigenvalue weighted by Crippen LogP contribution is 2.21. The first-order chi connectivity index (χ1) is 39.1. The molecule has 0 saturated carbocycles. The number of ether oxygens (including phenoxy) is 4. The minimum absolute atomic E-state index is 0.00594. The third-order valence-corrected chi connectivity index (χ3v) is 13.0. The Kier molecular flexibility index (Phi) is 44.2. The van der Waals surface area contributed by atoms with Crippen LogP contribution in [0.4, 0.5) is 0 Å². The van der Waals surface area contributed by atoms with E-state index in [2.05, 4.69) is 55.0 Å². The lowest BCUT2D eigenvalue weighted by Gasteiger charge is -2.34. The highest BCUT2D eigenvalue weighted by atomic mass is 16.5. The molecule has 1 aliphatic rings. The van der Waals surface area contributed by atoms with Crippen molar-refractivity contribution in [2.45, 2.75) is 205 Å². The predicted molar refractivity (Wildman–Crippen MR) is 311 cm³/mol. The van der Waals surface area contributed by atoms with E-state index in [0.29, 0.717) is 149 Å². The summed E-state index contributed by atoms with van der Waals surface area (Å²) in [5.41, 5.74) is -1.28. The molecule has 0 spiro atoms. The minimum atomic E-state index is -1.28. The molecule has 1 saturated heterocycles. The summed E-state index contributed by atoms with van der Waals surface area (Å²) in [6, 6.07) is -0.0920. The molecule has 8 N–H and O–H groups in total. The van der Waals surface area contributed by atoms with Gasteiger partial charge in [-0.15, -0.1) is 37.0 Å². The molecule has 1 rings (SSSR count). The molecule has 458 valence electrons. The molecular weight excluding hydrogens is 1040 g/mol. The van der Waals surface area contributed by atoms with Crippen molar-refractivity contribution in [3.05, 3.63) is 0 Å². The maximum Gasteiger partial charge on any atom is 0.222 e. The van der Waals surface area contributed by atoms with Gasteiger partial charge in [-0.1, -0.05) is 38.5 Å². The van der Waals surface area contributed by atoms with Crippen molar-refractivity contribution in [1.82, 2.24) is 42.1 Å². The number of β-amino-alcohol motifs (C(OH)–C–C–N with tert-alkyl or cyclic N) is 1. The maximum absolute atomic E-state index is 13.8. The summed E-state index contributed by atoms with van der Waals surface area (Å²) >= 11 is 0. The predicted octanol–water partition coefficient (Wildman–Crippen LogP) is 3.63. The van der Waals surface area contributed by atoms with Crippen molar-refractivity contribution in [1.29, 1.82) is 0 Å². The smallest absolute Gasteiger partial charge is 0.222 e. The maximum atomic E-state index is 13.8. The number of terminal acetylenes is 3. The Hall–Kier alpha value is -5.76. The van der Waals surface area contributed by atoms with E-state index in [0.717, 1.165) is 44.9 Å². The summed E-state index contributed by atoms with van der Waals surface area (Å²) < 4.78 is 23.9. The minimum Gasteiger partial charge on any atom is -0.391 e. The number of amides is 8. The van der Waals surface area contributed by atoms with Crippen LogP contribution in [-0.4, -0.2) is 173 Å². The monoisotopic (exact) mass is 1140 g/mol. The first kappa shape index (κ1) is 73.3. The number of hydrogen-bond donors (Lipinski definition) is 8. The highest BCUT2D eigenvalue weighted by molar-refractivity contribution is 5.79. The van der Waals surface area contributed by atoms with Crippen molar-refractivity contribution >= 4 is 47.3 Å². The Morgan fingerprint density at radius 1 is 0.481 bits per heavy atom. The van der Waals surface area contributed by atoms with Crippen LogP contribution < -0.4 is 37.2 Å². The highest BCUT2D eigenvalue weighted by Gasteiger charge is 2.35. The third-order valence-electron chi connectivity index (χ3n) is 13.0. The fraction of sp³-hybridized carbons (Fsp3) is 0.767. The first-order valence-electron chi connectivity index (χ1n) is 29.7. The van der Waals surface area contributed by atoms with Gasteiger partial charge in [0.15, 0.2) is 0 Å². The van der Waals surface area contributed by atoms with E-state index < -0.39 is 11.6 Å². The SMILES string of the molecule is C#CCCCC(=O)NCCCNC(=O)CCOCC(COCCC(=O)NCCCNC(=O)CCCC#C)(COCCC(=O)NCCCNC(=O)CCCC#C)NC(=O)CCCCCCCCCCC(=O)N1C[C@H](O)C[C@H]1COC(C)C. The van der Waals surface area contributed by atoms with Gasteiger partial charge in [0.1, 0.15) is 5.54 Å². The Morgan fingerprint density at radius 2 is 0.815 bits per heavy atom. The number of likely N-dealkylation sites (tertiary alicyclic amines) is 1. The van der Waals surface area contributed by atoms with Crippen LogP contribution in [0.3, 0.4) is 0 Å². The van der Waals surface area contributed by atoms with Crippen molar-refractivity contribution in [3.8, 4) is 37.0 Å². The second-order valence-electron chi connectivity index (χ2n) is 20.9. The Morgan fingerprint density at radius 3 is 1.17 bits per heavy atom. The van der Waals surface area contributed by atoms with E-state index >= 15 is 0 Å². The normalized spacial score (nSPS) is 13.8. The molecule has 0 aromatic heterocycles. The molecule has 0 aromatic carbocycles. The van der Waals surface area contributed by atoms with Crippen LogP contribution in [0, 0.1) is 37.0 Å². The summed E-state index contributed by atoms with van der Waals surface area (Å²) in [6.45, 7) is 6.48. The number of hydrogen-bond acceptors (Lipinski definition) is 13. The van der Waals surface area contributed by atoms with Crippen molar-refractivity contribution in [2.24, 2.45) is 0 Å². The zero-order valence-electron chi connectivity index (χ0n) is 49.0. The number of nitrogens with one attached hydrogen (secondary N) is 7. The van der Waals surface area contributed by atoms with Crippen LogP contribution in [-0.2, 0) is 57.3 Å². The number of aliphatic hydroxyl groups excluding tert-OH is 1. The molecular formula is C60H100N8O13. The fourth-order valence-electron chi connectivity index (χ4n) is 8.53. The molecule has 1 aliphatic heterocycles. The van der Waals surface area contributed by atoms with Crippen molar-refractivity contribution in [2.75, 3.05) is 92.1 Å². The summed E-state index contributed by atoms with van der Waals surface area (Å²) in [7, 11) is 0. The van der Waals surface area contributed by atoms with Crippen LogP contribution in [0.5, 0.6) is 0 Å². The topological polar surface area (TPSA) is 281 Å². The number of unbranched alkanes of at least 4 members (excludes halogenated alkanes) is 10. The molecule has 0 bridgehead atoms. The van der Waals surface area contributed by atoms with E-state index in [9.17, 15) is 43.5 Å². The van der Waals surface area contributed by atoms with Crippen LogP contribution in [0.1, 0.15) is 181 Å². The van der Waals surface area contributed by atoms with Crippen LogP contribution in [0.2, 0.25) is 0 Å². The molecule has 1 fully saturated rings. The largest absolute Gasteiger partial charge is 0.391 e. The molecule has 1 heterocycles. The summed E-state index contributed by atoms with van der Waals surface area (Å²) in [5, 5.41) is 30.2. The van der Waals surface area contributed by atoms with E-state index in [1.54, 1.807) is 4.90 Å². The lowest BCUT2D eigenvalue weighted by molar-refractivity contribution is -0.134. The zero-order valence-corrected chi connectivity index (χ0v) is 49.0. The van der Waals surface area contributed by atoms with Gasteiger partial charge in [0.2, 0.25) is 47.3 Å². The van der Waals surface area contributed by atoms with Crippen LogP contribution in [0.15, 0.2) is 0 Å². The molecule has 0 aliphatic carbocycles. The van der Waals surface area contributed by atoms with Gasteiger partial charge in [-0.25, -0.2) is 0 Å². The summed E-state index contributed by atoms with van der Waals surface area (Å²) in [6.07, 6.45) is 29.5. The fourth-order valence-corrected chi connectivity index (χ4v) is 8.53. The van der Waals surface area contributed by atoms with Crippen LogP contribution >= 0.6 is 0 Å². The molecule has 2 atom stereocenters. The summed E-state index contributed by atoms with van der Waals surface area (Å²) in [5.74, 6) is 6.21. The van der Waals surface area contributed by atoms with E-state index in [1.165, 1.54) is 0 Å². The van der Waals surface area contributed by atoms with Crippen molar-refractivity contribution < 1.29 is 62.4 Å². The van der Waals surface area contributed by atoms with E-state index in [-0.39, 0.29) is 125 Å². The standard InChI is InChI=1S/C60H100N8O13/c1-6-9-18-26-52(70)61-34-23-37-64-55(73)31-40-78-46-60(47-79-41-32-56(74)65-38-24-35-62-53(71)27-19-10-7-2,48-80-42-33-57(75)66-39-25-36-63-54(72)28-20-11-8-3)67-58(76)29-21-16-14-12-13-15-17-22-30-59(77)68-44-51(69)43-50(68)45-81-49(4)5/h1-3,49-51,69H,9-48H2,4-5H3,(H,61,70)(H,62,71)(H,63,72)(H,64,73)(H,65,74)(H,66,75)(H,67,76)/t50-,51+/m0/s1. The van der Waals surface area contributed by atoms with Crippen molar-refractivity contribution in [3.63, 3.8) is 0 Å². The van der Waals surface area contributed by atoms with Gasteiger partial charge < -0.3 is 66.2 Å². The molecule has 0 unspecified atom stereocenters. The molecule has 21 heteroatoms. The number of nitrogens with zero attached hydrogens (tertiary/aromatic N) is 1. The second-order valence-corrected chi connectivity index (χ2v) is 20.9. The molecule has 0 aromatic rings. The van der Waals surface area contributed by atoms with Gasteiger partial charge in [-0.05, 0) is 71.6 Å². The quantitative estimate of drug-likeness (QED) is 0.0320. The van der Waals surface area contributed by atoms with Crippen LogP contribution in [0.25, 0.3) is 0 Å². The lowest BCUT2D eigenvalue weighted by Crippen LogP contribution is -2.58. The van der Waals surface area contributed by atoms with Gasteiger partial charge in [0.05, 0.1) is 64.5 Å². The second kappa shape index (κ2) is 48.9. The Balaban J connectivity index is 2.89. The van der Waals surface area contributed by atoms with Gasteiger partial charge in [-0.3, -0.25) is 38.4 Å². The number of carbonyl (C=O) groups excluding carboxylic acids is 8. The molecule has 0 radical (unpaired) electrons. The van der Waals surface area contributed by atoms with Gasteiger partial charge in [-0.2, -0.15) is 0 Å². The number of aliphatic hydroxyl groups is 1. The molecule has 21 nitrogen and oxygen atoms in total. The Bertz CT molecular complexity index is 1780. The lowest BCUT2D eigenvalue weighted by atomic mass is 10.0. The Labute approximate surface area is 483 Å².